The largest absolute Gasteiger partial charge is 0.494 e. The molecule has 0 atom stereocenters. The molecule has 1 heterocycles. The van der Waals surface area contributed by atoms with Crippen LogP contribution in [-0.4, -0.2) is 27.3 Å². The first kappa shape index (κ1) is 23.8. The second-order valence-corrected chi connectivity index (χ2v) is 8.36. The van der Waals surface area contributed by atoms with E-state index in [4.69, 9.17) is 9.47 Å². The SMILES string of the molecule is CCOc1ccc(-n2nc(C(=O)Nc3ccc(Oc4ccccc4)cc3)nc2-c2cccc(C)c2)cc1. The van der Waals surface area contributed by atoms with Gasteiger partial charge in [-0.05, 0) is 80.6 Å². The van der Waals surface area contributed by atoms with Crippen LogP contribution in [-0.2, 0) is 0 Å². The van der Waals surface area contributed by atoms with Crippen LogP contribution >= 0.6 is 0 Å². The van der Waals surface area contributed by atoms with E-state index in [1.54, 1.807) is 28.9 Å². The van der Waals surface area contributed by atoms with E-state index >= 15 is 0 Å². The number of nitrogens with zero attached hydrogens (tertiary/aromatic N) is 3. The van der Waals surface area contributed by atoms with Gasteiger partial charge in [0.05, 0.1) is 12.3 Å². The second-order valence-electron chi connectivity index (χ2n) is 8.36. The number of carbonyl (C=O) groups excluding carboxylic acids is 1. The highest BCUT2D eigenvalue weighted by atomic mass is 16.5. The summed E-state index contributed by atoms with van der Waals surface area (Å²) < 4.78 is 13.1. The number of ether oxygens (including phenoxy) is 2. The van der Waals surface area contributed by atoms with Gasteiger partial charge in [0.15, 0.2) is 5.82 Å². The van der Waals surface area contributed by atoms with Gasteiger partial charge in [-0.1, -0.05) is 42.0 Å². The lowest BCUT2D eigenvalue weighted by atomic mass is 10.1. The number of aryl methyl sites for hydroxylation is 1. The molecule has 0 unspecified atom stereocenters. The van der Waals surface area contributed by atoms with Crippen LogP contribution in [0.15, 0.2) is 103 Å². The van der Waals surface area contributed by atoms with Crippen molar-refractivity contribution < 1.29 is 14.3 Å². The van der Waals surface area contributed by atoms with Gasteiger partial charge in [0.2, 0.25) is 5.82 Å². The van der Waals surface area contributed by atoms with Crippen molar-refractivity contribution in [3.8, 4) is 34.3 Å². The highest BCUT2D eigenvalue weighted by Crippen LogP contribution is 2.25. The first-order valence-corrected chi connectivity index (χ1v) is 12.0. The van der Waals surface area contributed by atoms with Gasteiger partial charge in [-0.2, -0.15) is 0 Å². The van der Waals surface area contributed by atoms with E-state index in [2.05, 4.69) is 15.4 Å². The Hall–Kier alpha value is -4.91. The number of rotatable bonds is 8. The van der Waals surface area contributed by atoms with Crippen LogP contribution in [0.2, 0.25) is 0 Å². The smallest absolute Gasteiger partial charge is 0.295 e. The van der Waals surface area contributed by atoms with E-state index < -0.39 is 5.91 Å². The Morgan fingerprint density at radius 3 is 2.24 bits per heavy atom. The molecule has 0 fully saturated rings. The number of aromatic nitrogens is 3. The predicted molar refractivity (Wildman–Crippen MR) is 144 cm³/mol. The summed E-state index contributed by atoms with van der Waals surface area (Å²) in [6, 6.07) is 32.2. The van der Waals surface area contributed by atoms with Crippen molar-refractivity contribution in [3.63, 3.8) is 0 Å². The Balaban J connectivity index is 1.40. The van der Waals surface area contributed by atoms with Crippen molar-refractivity contribution >= 4 is 11.6 Å². The lowest BCUT2D eigenvalue weighted by Gasteiger charge is -2.08. The number of hydrogen-bond acceptors (Lipinski definition) is 5. The molecule has 5 aromatic rings. The zero-order chi connectivity index (χ0) is 25.6. The molecular formula is C30H26N4O3. The van der Waals surface area contributed by atoms with Crippen molar-refractivity contribution in [2.24, 2.45) is 0 Å². The Kier molecular flexibility index (Phi) is 6.94. The van der Waals surface area contributed by atoms with Crippen molar-refractivity contribution in [1.82, 2.24) is 14.8 Å². The van der Waals surface area contributed by atoms with E-state index in [0.717, 1.165) is 28.3 Å². The average Bonchev–Trinajstić information content (AvgIpc) is 3.37. The minimum Gasteiger partial charge on any atom is -0.494 e. The van der Waals surface area contributed by atoms with Gasteiger partial charge in [0, 0.05) is 11.3 Å². The summed E-state index contributed by atoms with van der Waals surface area (Å²) in [4.78, 5) is 17.7. The molecule has 4 aromatic carbocycles. The van der Waals surface area contributed by atoms with Crippen molar-refractivity contribution in [2.45, 2.75) is 13.8 Å². The predicted octanol–water partition coefficient (Wildman–Crippen LogP) is 6.69. The summed E-state index contributed by atoms with van der Waals surface area (Å²) in [6.07, 6.45) is 0. The van der Waals surface area contributed by atoms with E-state index in [1.165, 1.54) is 0 Å². The molecule has 0 spiro atoms. The van der Waals surface area contributed by atoms with Crippen LogP contribution < -0.4 is 14.8 Å². The second kappa shape index (κ2) is 10.8. The summed E-state index contributed by atoms with van der Waals surface area (Å²) in [5, 5.41) is 7.44. The fraction of sp³-hybridized carbons (Fsp3) is 0.100. The van der Waals surface area contributed by atoms with E-state index in [1.807, 2.05) is 92.7 Å². The highest BCUT2D eigenvalue weighted by molar-refractivity contribution is 6.01. The molecule has 37 heavy (non-hydrogen) atoms. The Morgan fingerprint density at radius 2 is 1.54 bits per heavy atom. The van der Waals surface area contributed by atoms with Crippen LogP contribution in [0.25, 0.3) is 17.1 Å². The molecule has 184 valence electrons. The molecule has 0 radical (unpaired) electrons. The summed E-state index contributed by atoms with van der Waals surface area (Å²) in [7, 11) is 0. The van der Waals surface area contributed by atoms with Gasteiger partial charge in [-0.15, -0.1) is 5.10 Å². The third-order valence-electron chi connectivity index (χ3n) is 5.57. The van der Waals surface area contributed by atoms with Gasteiger partial charge in [0.25, 0.3) is 5.91 Å². The summed E-state index contributed by atoms with van der Waals surface area (Å²) in [5.74, 6) is 2.41. The maximum atomic E-state index is 13.1. The normalized spacial score (nSPS) is 10.6. The number of hydrogen-bond donors (Lipinski definition) is 1. The summed E-state index contributed by atoms with van der Waals surface area (Å²) in [5.41, 5.74) is 3.33. The number of benzene rings is 4. The third kappa shape index (κ3) is 5.67. The van der Waals surface area contributed by atoms with Crippen molar-refractivity contribution in [1.29, 1.82) is 0 Å². The van der Waals surface area contributed by atoms with Crippen molar-refractivity contribution in [2.75, 3.05) is 11.9 Å². The number of nitrogens with one attached hydrogen (secondary N) is 1. The Bertz CT molecular complexity index is 1490. The molecule has 1 N–H and O–H groups in total. The highest BCUT2D eigenvalue weighted by Gasteiger charge is 2.19. The monoisotopic (exact) mass is 490 g/mol. The van der Waals surface area contributed by atoms with Gasteiger partial charge < -0.3 is 14.8 Å². The average molecular weight is 491 g/mol. The Labute approximate surface area is 215 Å². The first-order valence-electron chi connectivity index (χ1n) is 12.0. The topological polar surface area (TPSA) is 78.3 Å². The van der Waals surface area contributed by atoms with Crippen LogP contribution in [0.1, 0.15) is 23.1 Å². The van der Waals surface area contributed by atoms with Gasteiger partial charge >= 0.3 is 0 Å². The van der Waals surface area contributed by atoms with E-state index in [0.29, 0.717) is 23.9 Å². The molecule has 0 aliphatic rings. The van der Waals surface area contributed by atoms with Gasteiger partial charge in [-0.3, -0.25) is 4.79 Å². The summed E-state index contributed by atoms with van der Waals surface area (Å²) >= 11 is 0. The first-order chi connectivity index (χ1) is 18.1. The van der Waals surface area contributed by atoms with Crippen LogP contribution in [0.3, 0.4) is 0 Å². The molecule has 0 saturated heterocycles. The number of anilines is 1. The number of para-hydroxylation sites is 1. The minimum absolute atomic E-state index is 0.0648. The van der Waals surface area contributed by atoms with E-state index in [9.17, 15) is 4.79 Å². The standard InChI is InChI=1S/C30H26N4O3/c1-3-36-25-18-14-24(15-19-25)34-29(22-9-7-8-21(2)20-22)32-28(33-34)30(35)31-23-12-16-27(17-13-23)37-26-10-5-4-6-11-26/h4-20H,3H2,1-2H3,(H,31,35). The molecule has 1 aromatic heterocycles. The molecule has 0 saturated carbocycles. The molecule has 5 rings (SSSR count). The quantitative estimate of drug-likeness (QED) is 0.262. The zero-order valence-electron chi connectivity index (χ0n) is 20.6. The molecule has 7 nitrogen and oxygen atoms in total. The fourth-order valence-corrected chi connectivity index (χ4v) is 3.83. The fourth-order valence-electron chi connectivity index (χ4n) is 3.83. The maximum Gasteiger partial charge on any atom is 0.295 e. The van der Waals surface area contributed by atoms with Crippen molar-refractivity contribution in [3.05, 3.63) is 115 Å². The van der Waals surface area contributed by atoms with Crippen LogP contribution in [0.5, 0.6) is 17.2 Å². The minimum atomic E-state index is -0.407. The number of amides is 1. The lowest BCUT2D eigenvalue weighted by molar-refractivity contribution is 0.101. The third-order valence-corrected chi connectivity index (χ3v) is 5.57. The molecular weight excluding hydrogens is 464 g/mol. The maximum absolute atomic E-state index is 13.1. The molecule has 7 heteroatoms. The van der Waals surface area contributed by atoms with Gasteiger partial charge in [0.1, 0.15) is 17.2 Å². The molecule has 0 aliphatic carbocycles. The van der Waals surface area contributed by atoms with Crippen LogP contribution in [0.4, 0.5) is 5.69 Å². The molecule has 0 aliphatic heterocycles. The molecule has 0 bridgehead atoms. The van der Waals surface area contributed by atoms with E-state index in [-0.39, 0.29) is 5.82 Å². The zero-order valence-corrected chi connectivity index (χ0v) is 20.6. The number of carbonyl (C=O) groups is 1. The lowest BCUT2D eigenvalue weighted by Crippen LogP contribution is -2.14. The Morgan fingerprint density at radius 1 is 0.838 bits per heavy atom. The van der Waals surface area contributed by atoms with Crippen LogP contribution in [0, 0.1) is 6.92 Å². The summed E-state index contributed by atoms with van der Waals surface area (Å²) in [6.45, 7) is 4.54. The molecule has 1 amide bonds. The van der Waals surface area contributed by atoms with Gasteiger partial charge in [-0.25, -0.2) is 9.67 Å².